The average molecular weight is 263 g/mol. The molecule has 0 atom stereocenters. The number of aliphatic hydroxyl groups is 1. The van der Waals surface area contributed by atoms with Gasteiger partial charge in [-0.25, -0.2) is 8.78 Å². The van der Waals surface area contributed by atoms with Gasteiger partial charge in [0.15, 0.2) is 0 Å². The van der Waals surface area contributed by atoms with Crippen LogP contribution in [0.2, 0.25) is 0 Å². The van der Waals surface area contributed by atoms with Crippen LogP contribution in [0.1, 0.15) is 20.1 Å². The van der Waals surface area contributed by atoms with Gasteiger partial charge in [-0.1, -0.05) is 0 Å². The zero-order valence-electron chi connectivity index (χ0n) is 9.74. The van der Waals surface area contributed by atoms with Crippen LogP contribution in [-0.4, -0.2) is 42.0 Å². The summed E-state index contributed by atoms with van der Waals surface area (Å²) in [6.07, 6.45) is -2.59. The summed E-state index contributed by atoms with van der Waals surface area (Å²) in [5.41, 5.74) is 0.446. The van der Waals surface area contributed by atoms with Gasteiger partial charge in [0.05, 0.1) is 18.7 Å². The van der Waals surface area contributed by atoms with Gasteiger partial charge in [0.25, 0.3) is 12.3 Å². The van der Waals surface area contributed by atoms with E-state index in [9.17, 15) is 13.6 Å². The first kappa shape index (κ1) is 14.1. The van der Waals surface area contributed by atoms with Crippen molar-refractivity contribution in [3.63, 3.8) is 0 Å². The summed E-state index contributed by atoms with van der Waals surface area (Å²) in [5, 5.41) is 8.78. The highest BCUT2D eigenvalue weighted by Crippen LogP contribution is 2.22. The zero-order chi connectivity index (χ0) is 13.0. The third-order valence-corrected chi connectivity index (χ3v) is 3.25. The van der Waals surface area contributed by atoms with Crippen LogP contribution in [0.4, 0.5) is 8.78 Å². The number of aryl methyl sites for hydroxylation is 2. The van der Waals surface area contributed by atoms with Crippen LogP contribution in [0, 0.1) is 13.8 Å². The van der Waals surface area contributed by atoms with Crippen molar-refractivity contribution < 1.29 is 18.7 Å². The lowest BCUT2D eigenvalue weighted by molar-refractivity contribution is 0.0509. The lowest BCUT2D eigenvalue weighted by atomic mass is 10.2. The molecule has 0 aliphatic heterocycles. The van der Waals surface area contributed by atoms with Crippen LogP contribution < -0.4 is 0 Å². The molecule has 6 heteroatoms. The van der Waals surface area contributed by atoms with Crippen molar-refractivity contribution in [2.45, 2.75) is 20.3 Å². The number of nitrogens with zero attached hydrogens (tertiary/aromatic N) is 1. The van der Waals surface area contributed by atoms with E-state index < -0.39 is 18.9 Å². The number of halogens is 2. The van der Waals surface area contributed by atoms with E-state index in [2.05, 4.69) is 0 Å². The summed E-state index contributed by atoms with van der Waals surface area (Å²) >= 11 is 1.45. The first-order valence-electron chi connectivity index (χ1n) is 5.21. The van der Waals surface area contributed by atoms with E-state index in [1.165, 1.54) is 11.3 Å². The Labute approximate surface area is 103 Å². The van der Waals surface area contributed by atoms with E-state index in [0.29, 0.717) is 5.56 Å². The second-order valence-electron chi connectivity index (χ2n) is 3.69. The van der Waals surface area contributed by atoms with Crippen molar-refractivity contribution in [3.05, 3.63) is 21.4 Å². The minimum absolute atomic E-state index is 0.0719. The molecule has 0 saturated carbocycles. The number of aliphatic hydroxyl groups excluding tert-OH is 1. The van der Waals surface area contributed by atoms with E-state index in [-0.39, 0.29) is 13.2 Å². The van der Waals surface area contributed by atoms with Gasteiger partial charge in [-0.05, 0) is 19.9 Å². The van der Waals surface area contributed by atoms with Crippen molar-refractivity contribution in [1.82, 2.24) is 4.90 Å². The summed E-state index contributed by atoms with van der Waals surface area (Å²) in [6.45, 7) is 2.61. The van der Waals surface area contributed by atoms with Crippen molar-refractivity contribution in [3.8, 4) is 0 Å². The molecule has 1 N–H and O–H groups in total. The molecule has 0 unspecified atom stereocenters. The summed E-state index contributed by atoms with van der Waals surface area (Å²) in [4.78, 5) is 14.8. The summed E-state index contributed by atoms with van der Waals surface area (Å²) in [7, 11) is 0. The molecule has 0 aliphatic carbocycles. The molecule has 0 saturated heterocycles. The SMILES string of the molecule is Cc1cc(C(=O)N(CCO)CC(F)F)c(C)s1. The van der Waals surface area contributed by atoms with E-state index in [1.54, 1.807) is 13.0 Å². The predicted molar refractivity (Wildman–Crippen MR) is 62.8 cm³/mol. The lowest BCUT2D eigenvalue weighted by Crippen LogP contribution is -2.37. The highest BCUT2D eigenvalue weighted by atomic mass is 32.1. The van der Waals surface area contributed by atoms with Crippen LogP contribution in [0.5, 0.6) is 0 Å². The lowest BCUT2D eigenvalue weighted by Gasteiger charge is -2.21. The zero-order valence-corrected chi connectivity index (χ0v) is 10.6. The Morgan fingerprint density at radius 2 is 2.18 bits per heavy atom. The highest BCUT2D eigenvalue weighted by Gasteiger charge is 2.21. The molecule has 0 aromatic carbocycles. The van der Waals surface area contributed by atoms with Gasteiger partial charge < -0.3 is 10.0 Å². The van der Waals surface area contributed by atoms with Gasteiger partial charge in [-0.3, -0.25) is 4.79 Å². The van der Waals surface area contributed by atoms with Crippen molar-refractivity contribution in [2.24, 2.45) is 0 Å². The molecule has 1 amide bonds. The molecule has 0 bridgehead atoms. The highest BCUT2D eigenvalue weighted by molar-refractivity contribution is 7.12. The molecule has 17 heavy (non-hydrogen) atoms. The van der Waals surface area contributed by atoms with E-state index in [0.717, 1.165) is 14.7 Å². The fourth-order valence-corrected chi connectivity index (χ4v) is 2.49. The molecule has 96 valence electrons. The smallest absolute Gasteiger partial charge is 0.255 e. The third kappa shape index (κ3) is 3.74. The topological polar surface area (TPSA) is 40.5 Å². The number of rotatable bonds is 5. The van der Waals surface area contributed by atoms with E-state index >= 15 is 0 Å². The minimum atomic E-state index is -2.59. The molecule has 1 aromatic heterocycles. The Morgan fingerprint density at radius 3 is 2.59 bits per heavy atom. The van der Waals surface area contributed by atoms with Crippen LogP contribution in [0.25, 0.3) is 0 Å². The number of hydrogen-bond donors (Lipinski definition) is 1. The maximum Gasteiger partial charge on any atom is 0.255 e. The van der Waals surface area contributed by atoms with Gasteiger partial charge in [0, 0.05) is 16.3 Å². The molecule has 1 heterocycles. The fraction of sp³-hybridized carbons (Fsp3) is 0.545. The monoisotopic (exact) mass is 263 g/mol. The van der Waals surface area contributed by atoms with Crippen LogP contribution in [0.15, 0.2) is 6.07 Å². The van der Waals surface area contributed by atoms with Gasteiger partial charge >= 0.3 is 0 Å². The number of carbonyl (C=O) groups excluding carboxylic acids is 1. The number of hydrogen-bond acceptors (Lipinski definition) is 3. The Kier molecular flexibility index (Phi) is 5.02. The quantitative estimate of drug-likeness (QED) is 0.883. The molecule has 0 spiro atoms. The molecule has 1 aromatic rings. The second kappa shape index (κ2) is 6.07. The molecule has 0 radical (unpaired) electrons. The van der Waals surface area contributed by atoms with Gasteiger partial charge in [0.2, 0.25) is 0 Å². The number of thiophene rings is 1. The van der Waals surface area contributed by atoms with E-state index in [4.69, 9.17) is 5.11 Å². The maximum atomic E-state index is 12.3. The Morgan fingerprint density at radius 1 is 1.53 bits per heavy atom. The second-order valence-corrected chi connectivity index (χ2v) is 5.15. The first-order chi connectivity index (χ1) is 7.95. The number of alkyl halides is 2. The maximum absolute atomic E-state index is 12.3. The summed E-state index contributed by atoms with van der Waals surface area (Å²) in [5.74, 6) is -0.443. The Bertz CT molecular complexity index is 393. The number of carbonyl (C=O) groups is 1. The third-order valence-electron chi connectivity index (χ3n) is 2.29. The first-order valence-corrected chi connectivity index (χ1v) is 6.02. The number of amides is 1. The van der Waals surface area contributed by atoms with Crippen LogP contribution in [0.3, 0.4) is 0 Å². The van der Waals surface area contributed by atoms with Gasteiger partial charge in [-0.15, -0.1) is 11.3 Å². The molecule has 0 aliphatic rings. The summed E-state index contributed by atoms with van der Waals surface area (Å²) in [6, 6.07) is 1.69. The van der Waals surface area contributed by atoms with Gasteiger partial charge in [-0.2, -0.15) is 0 Å². The van der Waals surface area contributed by atoms with Crippen LogP contribution in [-0.2, 0) is 0 Å². The van der Waals surface area contributed by atoms with Gasteiger partial charge in [0.1, 0.15) is 0 Å². The molecule has 1 rings (SSSR count). The van der Waals surface area contributed by atoms with Crippen LogP contribution >= 0.6 is 11.3 Å². The molecular formula is C11H15F2NO2S. The largest absolute Gasteiger partial charge is 0.395 e. The Balaban J connectivity index is 2.87. The van der Waals surface area contributed by atoms with E-state index in [1.807, 2.05) is 6.92 Å². The molecule has 0 fully saturated rings. The predicted octanol–water partition coefficient (Wildman–Crippen LogP) is 2.06. The average Bonchev–Trinajstić information content (AvgIpc) is 2.55. The molecular weight excluding hydrogens is 248 g/mol. The standard InChI is InChI=1S/C11H15F2NO2S/c1-7-5-9(8(2)17-7)11(16)14(3-4-15)6-10(12)13/h5,10,15H,3-4,6H2,1-2H3. The normalized spacial score (nSPS) is 10.9. The Hall–Kier alpha value is -1.01. The van der Waals surface area contributed by atoms with Crippen molar-refractivity contribution >= 4 is 17.2 Å². The summed E-state index contributed by atoms with van der Waals surface area (Å²) < 4.78 is 24.6. The molecule has 3 nitrogen and oxygen atoms in total. The van der Waals surface area contributed by atoms with Crippen molar-refractivity contribution in [2.75, 3.05) is 19.7 Å². The minimum Gasteiger partial charge on any atom is -0.395 e. The van der Waals surface area contributed by atoms with Crippen molar-refractivity contribution in [1.29, 1.82) is 0 Å². The fourth-order valence-electron chi connectivity index (χ4n) is 1.58.